The van der Waals surface area contributed by atoms with Crippen molar-refractivity contribution in [3.8, 4) is 0 Å². The van der Waals surface area contributed by atoms with E-state index in [0.717, 1.165) is 12.8 Å². The van der Waals surface area contributed by atoms with Crippen LogP contribution in [0.5, 0.6) is 0 Å². The van der Waals surface area contributed by atoms with Gasteiger partial charge in [0.25, 0.3) is 0 Å². The van der Waals surface area contributed by atoms with Crippen molar-refractivity contribution in [1.82, 2.24) is 0 Å². The van der Waals surface area contributed by atoms with Crippen molar-refractivity contribution in [2.45, 2.75) is 32.6 Å². The fourth-order valence-electron chi connectivity index (χ4n) is 0.714. The van der Waals surface area contributed by atoms with Crippen molar-refractivity contribution in [3.05, 3.63) is 11.7 Å². The number of hydrogen-bond donors (Lipinski definition) is 0. The summed E-state index contributed by atoms with van der Waals surface area (Å²) >= 11 is 0. The van der Waals surface area contributed by atoms with Gasteiger partial charge in [0.1, 0.15) is 5.83 Å². The summed E-state index contributed by atoms with van der Waals surface area (Å²) in [6, 6.07) is 0. The van der Waals surface area contributed by atoms with E-state index in [2.05, 4.69) is 0 Å². The molecule has 0 aliphatic carbocycles. The molecule has 0 N–H and O–H groups in total. The molecule has 0 unspecified atom stereocenters. The van der Waals surface area contributed by atoms with Gasteiger partial charge in [0.15, 0.2) is 12.1 Å². The van der Waals surface area contributed by atoms with E-state index in [-0.39, 0.29) is 12.7 Å². The standard InChI is InChI=1S/C8H12F2O/c1-2-3-4-5-7(9)8(10)6-11/h6H,2-5H2,1H3. The van der Waals surface area contributed by atoms with Gasteiger partial charge in [-0.2, -0.15) is 0 Å². The second-order valence-corrected chi connectivity index (χ2v) is 2.33. The lowest BCUT2D eigenvalue weighted by atomic mass is 10.2. The quantitative estimate of drug-likeness (QED) is 0.345. The smallest absolute Gasteiger partial charge is 0.194 e. The third-order valence-electron chi connectivity index (χ3n) is 1.36. The van der Waals surface area contributed by atoms with Gasteiger partial charge in [-0.25, -0.2) is 8.78 Å². The van der Waals surface area contributed by atoms with Gasteiger partial charge in [0.2, 0.25) is 0 Å². The van der Waals surface area contributed by atoms with Gasteiger partial charge in [-0.05, 0) is 6.42 Å². The predicted octanol–water partition coefficient (Wildman–Crippen LogP) is 2.92. The number of halogens is 2. The average Bonchev–Trinajstić information content (AvgIpc) is 2.03. The Morgan fingerprint density at radius 3 is 2.45 bits per heavy atom. The van der Waals surface area contributed by atoms with Gasteiger partial charge in [0, 0.05) is 6.42 Å². The Labute approximate surface area is 65.1 Å². The van der Waals surface area contributed by atoms with Crippen LogP contribution in [-0.4, -0.2) is 6.29 Å². The van der Waals surface area contributed by atoms with Gasteiger partial charge in [-0.3, -0.25) is 4.79 Å². The Kier molecular flexibility index (Phi) is 5.61. The summed E-state index contributed by atoms with van der Waals surface area (Å²) < 4.78 is 24.5. The molecule has 3 heteroatoms. The highest BCUT2D eigenvalue weighted by Gasteiger charge is 2.03. The third-order valence-corrected chi connectivity index (χ3v) is 1.36. The van der Waals surface area contributed by atoms with E-state index < -0.39 is 11.7 Å². The molecule has 0 atom stereocenters. The van der Waals surface area contributed by atoms with Crippen LogP contribution >= 0.6 is 0 Å². The number of aldehydes is 1. The number of carbonyl (C=O) groups is 1. The van der Waals surface area contributed by atoms with Crippen LogP contribution in [0, 0.1) is 0 Å². The predicted molar refractivity (Wildman–Crippen MR) is 39.4 cm³/mol. The normalized spacial score (nSPS) is 12.6. The molecule has 0 bridgehead atoms. The Hall–Kier alpha value is -0.730. The van der Waals surface area contributed by atoms with Gasteiger partial charge < -0.3 is 0 Å². The molecule has 0 saturated carbocycles. The van der Waals surface area contributed by atoms with E-state index >= 15 is 0 Å². The molecule has 0 aromatic carbocycles. The number of unbranched alkanes of at least 4 members (excludes halogenated alkanes) is 2. The van der Waals surface area contributed by atoms with E-state index in [1.165, 1.54) is 0 Å². The van der Waals surface area contributed by atoms with Crippen molar-refractivity contribution >= 4 is 6.29 Å². The molecule has 0 spiro atoms. The minimum atomic E-state index is -1.26. The van der Waals surface area contributed by atoms with Crippen molar-refractivity contribution in [2.75, 3.05) is 0 Å². The largest absolute Gasteiger partial charge is 0.295 e. The molecule has 0 fully saturated rings. The molecular weight excluding hydrogens is 150 g/mol. The Balaban J connectivity index is 3.67. The molecular formula is C8H12F2O. The Bertz CT molecular complexity index is 152. The van der Waals surface area contributed by atoms with E-state index in [1.54, 1.807) is 0 Å². The van der Waals surface area contributed by atoms with Crippen LogP contribution in [0.3, 0.4) is 0 Å². The SMILES string of the molecule is CCCCCC(F)=C(F)C=O. The second kappa shape index (κ2) is 6.01. The van der Waals surface area contributed by atoms with Crippen LogP contribution in [0.4, 0.5) is 8.78 Å². The fourth-order valence-corrected chi connectivity index (χ4v) is 0.714. The van der Waals surface area contributed by atoms with Gasteiger partial charge in [-0.15, -0.1) is 0 Å². The lowest BCUT2D eigenvalue weighted by Gasteiger charge is -1.95. The maximum atomic E-state index is 12.4. The van der Waals surface area contributed by atoms with Crippen molar-refractivity contribution in [3.63, 3.8) is 0 Å². The van der Waals surface area contributed by atoms with Crippen molar-refractivity contribution in [2.24, 2.45) is 0 Å². The summed E-state index contributed by atoms with van der Waals surface area (Å²) in [5, 5.41) is 0. The summed E-state index contributed by atoms with van der Waals surface area (Å²) in [6.07, 6.45) is 2.36. The number of allylic oxidation sites excluding steroid dienone is 2. The zero-order chi connectivity index (χ0) is 8.69. The van der Waals surface area contributed by atoms with Crippen LogP contribution in [-0.2, 0) is 4.79 Å². The third kappa shape index (κ3) is 4.65. The molecule has 0 aliphatic heterocycles. The first-order chi connectivity index (χ1) is 5.22. The summed E-state index contributed by atoms with van der Waals surface area (Å²) in [5.41, 5.74) is 0. The van der Waals surface area contributed by atoms with Crippen LogP contribution < -0.4 is 0 Å². The lowest BCUT2D eigenvalue weighted by molar-refractivity contribution is -0.106. The highest BCUT2D eigenvalue weighted by atomic mass is 19.2. The molecule has 0 saturated heterocycles. The van der Waals surface area contributed by atoms with Gasteiger partial charge >= 0.3 is 0 Å². The molecule has 0 radical (unpaired) electrons. The molecule has 0 aliphatic rings. The van der Waals surface area contributed by atoms with Crippen LogP contribution in [0.1, 0.15) is 32.6 Å². The van der Waals surface area contributed by atoms with Gasteiger partial charge in [-0.1, -0.05) is 19.8 Å². The maximum Gasteiger partial charge on any atom is 0.194 e. The zero-order valence-electron chi connectivity index (χ0n) is 6.57. The molecule has 64 valence electrons. The number of carbonyl (C=O) groups excluding carboxylic acids is 1. The van der Waals surface area contributed by atoms with E-state index in [1.807, 2.05) is 6.92 Å². The number of hydrogen-bond acceptors (Lipinski definition) is 1. The second-order valence-electron chi connectivity index (χ2n) is 2.33. The molecule has 0 rings (SSSR count). The minimum Gasteiger partial charge on any atom is -0.295 e. The summed E-state index contributed by atoms with van der Waals surface area (Å²) in [6.45, 7) is 1.97. The highest BCUT2D eigenvalue weighted by molar-refractivity contribution is 5.70. The first kappa shape index (κ1) is 10.3. The molecule has 0 aromatic rings. The zero-order valence-corrected chi connectivity index (χ0v) is 6.57. The summed E-state index contributed by atoms with van der Waals surface area (Å²) in [7, 11) is 0. The van der Waals surface area contributed by atoms with Crippen LogP contribution in [0.15, 0.2) is 11.7 Å². The van der Waals surface area contributed by atoms with Crippen LogP contribution in [0.25, 0.3) is 0 Å². The van der Waals surface area contributed by atoms with E-state index in [4.69, 9.17) is 0 Å². The Morgan fingerprint density at radius 2 is 2.00 bits per heavy atom. The average molecular weight is 162 g/mol. The van der Waals surface area contributed by atoms with Crippen molar-refractivity contribution < 1.29 is 13.6 Å². The molecule has 0 heterocycles. The number of rotatable bonds is 5. The monoisotopic (exact) mass is 162 g/mol. The minimum absolute atomic E-state index is 0.0401. The molecule has 1 nitrogen and oxygen atoms in total. The molecule has 11 heavy (non-hydrogen) atoms. The van der Waals surface area contributed by atoms with E-state index in [9.17, 15) is 13.6 Å². The fraction of sp³-hybridized carbons (Fsp3) is 0.625. The maximum absolute atomic E-state index is 12.4. The van der Waals surface area contributed by atoms with Gasteiger partial charge in [0.05, 0.1) is 0 Å². The molecule has 0 aromatic heterocycles. The summed E-state index contributed by atoms with van der Waals surface area (Å²) in [5.74, 6) is -2.19. The first-order valence-electron chi connectivity index (χ1n) is 3.71. The van der Waals surface area contributed by atoms with E-state index in [0.29, 0.717) is 6.42 Å². The molecule has 0 amide bonds. The first-order valence-corrected chi connectivity index (χ1v) is 3.71. The van der Waals surface area contributed by atoms with Crippen LogP contribution in [0.2, 0.25) is 0 Å². The van der Waals surface area contributed by atoms with Crippen molar-refractivity contribution in [1.29, 1.82) is 0 Å². The topological polar surface area (TPSA) is 17.1 Å². The summed E-state index contributed by atoms with van der Waals surface area (Å²) in [4.78, 5) is 9.71. The highest BCUT2D eigenvalue weighted by Crippen LogP contribution is 2.14. The Morgan fingerprint density at radius 1 is 1.36 bits per heavy atom. The lowest BCUT2D eigenvalue weighted by Crippen LogP contribution is -1.83.